The zero-order valence-electron chi connectivity index (χ0n) is 12.6. The van der Waals surface area contributed by atoms with E-state index in [1.807, 2.05) is 0 Å². The average molecular weight is 335 g/mol. The van der Waals surface area contributed by atoms with Crippen LogP contribution in [0.3, 0.4) is 0 Å². The lowest BCUT2D eigenvalue weighted by Crippen LogP contribution is -2.18. The van der Waals surface area contributed by atoms with Crippen LogP contribution in [0.4, 0.5) is 11.8 Å². The molecular formula is C16H19ClN4O2. The number of nitrogen functional groups attached to an aromatic ring is 1. The fourth-order valence-electron chi connectivity index (χ4n) is 2.76. The van der Waals surface area contributed by atoms with Crippen LogP contribution in [0.5, 0.6) is 11.5 Å². The molecule has 0 spiro atoms. The van der Waals surface area contributed by atoms with Gasteiger partial charge in [-0.2, -0.15) is 4.98 Å². The lowest BCUT2D eigenvalue weighted by Gasteiger charge is -2.16. The summed E-state index contributed by atoms with van der Waals surface area (Å²) in [5.74, 6) is 2.25. The summed E-state index contributed by atoms with van der Waals surface area (Å²) in [6.07, 6.45) is 4.44. The van der Waals surface area contributed by atoms with Crippen LogP contribution in [0.25, 0.3) is 0 Å². The van der Waals surface area contributed by atoms with Gasteiger partial charge in [-0.25, -0.2) is 4.98 Å². The van der Waals surface area contributed by atoms with Crippen molar-refractivity contribution in [3.8, 4) is 11.5 Å². The van der Waals surface area contributed by atoms with Crippen molar-refractivity contribution in [2.24, 2.45) is 5.92 Å². The molecule has 1 aliphatic rings. The molecule has 1 fully saturated rings. The standard InChI is InChI=1S/C16H19ClN4O2/c17-11-2-5-13(6-3-11)23-14-8-19-16(18)21-15(14)20-12-4-1-10(7-12)9-22/h2-3,5-6,8,10,12,22H,1,4,7,9H2,(H3,18,19,20,21)/t10-,12-/m0/s1. The summed E-state index contributed by atoms with van der Waals surface area (Å²) in [6, 6.07) is 7.31. The van der Waals surface area contributed by atoms with Gasteiger partial charge in [-0.15, -0.1) is 0 Å². The molecule has 1 heterocycles. The largest absolute Gasteiger partial charge is 0.452 e. The number of nitrogens with two attached hydrogens (primary N) is 1. The first-order chi connectivity index (χ1) is 11.1. The molecule has 1 aromatic heterocycles. The Hall–Kier alpha value is -2.05. The first-order valence-electron chi connectivity index (χ1n) is 7.57. The first kappa shape index (κ1) is 15.8. The van der Waals surface area contributed by atoms with Gasteiger partial charge in [0.25, 0.3) is 0 Å². The van der Waals surface area contributed by atoms with Gasteiger partial charge in [0, 0.05) is 17.7 Å². The van der Waals surface area contributed by atoms with Gasteiger partial charge in [0.05, 0.1) is 6.20 Å². The van der Waals surface area contributed by atoms with E-state index in [1.54, 1.807) is 30.5 Å². The Balaban J connectivity index is 1.76. The molecule has 6 nitrogen and oxygen atoms in total. The highest BCUT2D eigenvalue weighted by Crippen LogP contribution is 2.32. The minimum Gasteiger partial charge on any atom is -0.452 e. The van der Waals surface area contributed by atoms with E-state index in [2.05, 4.69) is 15.3 Å². The lowest BCUT2D eigenvalue weighted by molar-refractivity contribution is 0.229. The van der Waals surface area contributed by atoms with Gasteiger partial charge in [0.1, 0.15) is 5.75 Å². The van der Waals surface area contributed by atoms with Crippen molar-refractivity contribution in [2.75, 3.05) is 17.7 Å². The summed E-state index contributed by atoms with van der Waals surface area (Å²) in [5, 5.41) is 13.3. The number of benzene rings is 1. The summed E-state index contributed by atoms with van der Waals surface area (Å²) in [5.41, 5.74) is 5.69. The zero-order valence-corrected chi connectivity index (χ0v) is 13.3. The van der Waals surface area contributed by atoms with Gasteiger partial charge in [-0.05, 0) is 49.4 Å². The van der Waals surface area contributed by atoms with Gasteiger partial charge in [0.15, 0.2) is 11.6 Å². The third kappa shape index (κ3) is 4.03. The van der Waals surface area contributed by atoms with Gasteiger partial charge >= 0.3 is 0 Å². The first-order valence-corrected chi connectivity index (χ1v) is 7.95. The van der Waals surface area contributed by atoms with Crippen LogP contribution in [0.1, 0.15) is 19.3 Å². The molecule has 1 aromatic carbocycles. The Morgan fingerprint density at radius 1 is 1.30 bits per heavy atom. The van der Waals surface area contributed by atoms with Crippen LogP contribution in [-0.2, 0) is 0 Å². The number of aromatic nitrogens is 2. The molecule has 2 atom stereocenters. The molecule has 0 bridgehead atoms. The SMILES string of the molecule is Nc1ncc(Oc2ccc(Cl)cc2)c(N[C@H]2CC[C@H](CO)C2)n1. The van der Waals surface area contributed by atoms with Crippen LogP contribution in [-0.4, -0.2) is 27.7 Å². The second-order valence-corrected chi connectivity index (χ2v) is 6.14. The van der Waals surface area contributed by atoms with Crippen molar-refractivity contribution >= 4 is 23.4 Å². The van der Waals surface area contributed by atoms with E-state index in [-0.39, 0.29) is 18.6 Å². The number of rotatable bonds is 5. The van der Waals surface area contributed by atoms with Crippen LogP contribution >= 0.6 is 11.6 Å². The summed E-state index contributed by atoms with van der Waals surface area (Å²) in [7, 11) is 0. The number of hydrogen-bond donors (Lipinski definition) is 3. The highest BCUT2D eigenvalue weighted by atomic mass is 35.5. The molecule has 122 valence electrons. The van der Waals surface area contributed by atoms with E-state index in [0.29, 0.717) is 28.3 Å². The zero-order chi connectivity index (χ0) is 16.2. The Bertz CT molecular complexity index is 666. The molecule has 0 aliphatic heterocycles. The fraction of sp³-hybridized carbons (Fsp3) is 0.375. The summed E-state index contributed by atoms with van der Waals surface area (Å²) in [6.45, 7) is 0.220. The average Bonchev–Trinajstić information content (AvgIpc) is 3.00. The van der Waals surface area contributed by atoms with E-state index in [0.717, 1.165) is 19.3 Å². The molecule has 7 heteroatoms. The van der Waals surface area contributed by atoms with Gasteiger partial charge < -0.3 is 20.9 Å². The smallest absolute Gasteiger partial charge is 0.222 e. The molecule has 2 aromatic rings. The lowest BCUT2D eigenvalue weighted by atomic mass is 10.1. The monoisotopic (exact) mass is 334 g/mol. The molecule has 4 N–H and O–H groups in total. The third-order valence-corrected chi connectivity index (χ3v) is 4.21. The third-order valence-electron chi connectivity index (χ3n) is 3.96. The molecule has 0 amide bonds. The molecule has 0 saturated heterocycles. The molecule has 1 aliphatic carbocycles. The Kier molecular flexibility index (Phi) is 4.83. The van der Waals surface area contributed by atoms with Gasteiger partial charge in [-0.3, -0.25) is 0 Å². The fourth-order valence-corrected chi connectivity index (χ4v) is 2.88. The second kappa shape index (κ2) is 7.02. The number of aliphatic hydroxyl groups excluding tert-OH is 1. The number of ether oxygens (including phenoxy) is 1. The maximum atomic E-state index is 9.26. The van der Waals surface area contributed by atoms with E-state index < -0.39 is 0 Å². The Morgan fingerprint density at radius 2 is 2.09 bits per heavy atom. The Morgan fingerprint density at radius 3 is 2.78 bits per heavy atom. The van der Waals surface area contributed by atoms with Crippen molar-refractivity contribution in [3.05, 3.63) is 35.5 Å². The van der Waals surface area contributed by atoms with E-state index in [4.69, 9.17) is 22.1 Å². The normalized spacial score (nSPS) is 20.4. The number of hydrogen-bond acceptors (Lipinski definition) is 6. The number of nitrogens with zero attached hydrogens (tertiary/aromatic N) is 2. The van der Waals surface area contributed by atoms with Crippen molar-refractivity contribution < 1.29 is 9.84 Å². The van der Waals surface area contributed by atoms with Crippen LogP contribution in [0, 0.1) is 5.92 Å². The summed E-state index contributed by atoms with van der Waals surface area (Å²) < 4.78 is 5.83. The number of halogens is 1. The Labute approximate surface area is 139 Å². The van der Waals surface area contributed by atoms with Crippen molar-refractivity contribution in [1.82, 2.24) is 9.97 Å². The highest BCUT2D eigenvalue weighted by molar-refractivity contribution is 6.30. The van der Waals surface area contributed by atoms with Crippen molar-refractivity contribution in [2.45, 2.75) is 25.3 Å². The maximum absolute atomic E-state index is 9.26. The number of nitrogens with one attached hydrogen (secondary N) is 1. The minimum atomic E-state index is 0.188. The van der Waals surface area contributed by atoms with E-state index >= 15 is 0 Å². The van der Waals surface area contributed by atoms with Gasteiger partial charge in [0.2, 0.25) is 5.95 Å². The summed E-state index contributed by atoms with van der Waals surface area (Å²) in [4.78, 5) is 8.24. The van der Waals surface area contributed by atoms with Crippen LogP contribution in [0.2, 0.25) is 5.02 Å². The topological polar surface area (TPSA) is 93.3 Å². The van der Waals surface area contributed by atoms with Crippen LogP contribution < -0.4 is 15.8 Å². The minimum absolute atomic E-state index is 0.188. The quantitative estimate of drug-likeness (QED) is 0.778. The molecule has 0 radical (unpaired) electrons. The molecule has 0 unspecified atom stereocenters. The molecular weight excluding hydrogens is 316 g/mol. The highest BCUT2D eigenvalue weighted by Gasteiger charge is 2.25. The van der Waals surface area contributed by atoms with Gasteiger partial charge in [-0.1, -0.05) is 11.6 Å². The number of anilines is 2. The maximum Gasteiger partial charge on any atom is 0.222 e. The van der Waals surface area contributed by atoms with Crippen LogP contribution in [0.15, 0.2) is 30.5 Å². The number of aliphatic hydroxyl groups is 1. The van der Waals surface area contributed by atoms with E-state index in [9.17, 15) is 5.11 Å². The van der Waals surface area contributed by atoms with Crippen molar-refractivity contribution in [3.63, 3.8) is 0 Å². The molecule has 3 rings (SSSR count). The summed E-state index contributed by atoms with van der Waals surface area (Å²) >= 11 is 5.88. The second-order valence-electron chi connectivity index (χ2n) is 5.70. The molecule has 23 heavy (non-hydrogen) atoms. The predicted octanol–water partition coefficient (Wildman–Crippen LogP) is 3.08. The molecule has 1 saturated carbocycles. The predicted molar refractivity (Wildman–Crippen MR) is 89.8 cm³/mol. The van der Waals surface area contributed by atoms with E-state index in [1.165, 1.54) is 0 Å². The van der Waals surface area contributed by atoms with Crippen molar-refractivity contribution in [1.29, 1.82) is 0 Å².